The Morgan fingerprint density at radius 1 is 1.07 bits per heavy atom. The van der Waals surface area contributed by atoms with Crippen LogP contribution >= 0.6 is 11.3 Å². The summed E-state index contributed by atoms with van der Waals surface area (Å²) < 4.78 is 33.7. The lowest BCUT2D eigenvalue weighted by Gasteiger charge is -2.34. The highest BCUT2D eigenvalue weighted by molar-refractivity contribution is 7.89. The third-order valence-electron chi connectivity index (χ3n) is 6.97. The van der Waals surface area contributed by atoms with Crippen molar-refractivity contribution in [3.63, 3.8) is 0 Å². The highest BCUT2D eigenvalue weighted by atomic mass is 32.2. The maximum atomic E-state index is 13.0. The van der Waals surface area contributed by atoms with Crippen LogP contribution in [0.2, 0.25) is 0 Å². The van der Waals surface area contributed by atoms with Gasteiger partial charge < -0.3 is 15.0 Å². The lowest BCUT2D eigenvalue weighted by atomic mass is 10.2. The summed E-state index contributed by atoms with van der Waals surface area (Å²) in [5.41, 5.74) is 2.44. The first-order valence-corrected chi connectivity index (χ1v) is 15.6. The first kappa shape index (κ1) is 30.2. The molecular formula is C28H33N7O4S2. The van der Waals surface area contributed by atoms with E-state index in [2.05, 4.69) is 28.1 Å². The molecule has 1 N–H and O–H groups in total. The molecule has 1 aliphatic rings. The molecule has 1 fully saturated rings. The SMILES string of the molecule is COc1ccc(C)c2sc(N3CCN(CCNC(=O)c4ccc(S(=O)(=O)N(CCC#N)CCC#N)cc4)CC3)nc12. The Kier molecular flexibility index (Phi) is 10.1. The maximum Gasteiger partial charge on any atom is 0.251 e. The van der Waals surface area contributed by atoms with Gasteiger partial charge in [-0.15, -0.1) is 0 Å². The van der Waals surface area contributed by atoms with E-state index >= 15 is 0 Å². The van der Waals surface area contributed by atoms with Crippen molar-refractivity contribution in [2.75, 3.05) is 64.4 Å². The summed E-state index contributed by atoms with van der Waals surface area (Å²) in [6.07, 6.45) is 0.0498. The number of amides is 1. The number of aromatic nitrogens is 1. The fraction of sp³-hybridized carbons (Fsp3) is 0.429. The molecule has 1 amide bonds. The molecule has 1 saturated heterocycles. The molecule has 41 heavy (non-hydrogen) atoms. The summed E-state index contributed by atoms with van der Waals surface area (Å²) in [5, 5.41) is 21.6. The number of carbonyl (C=O) groups is 1. The smallest absolute Gasteiger partial charge is 0.251 e. The third-order valence-corrected chi connectivity index (χ3v) is 10.1. The van der Waals surface area contributed by atoms with Crippen molar-refractivity contribution in [1.82, 2.24) is 19.5 Å². The third kappa shape index (κ3) is 7.13. The Balaban J connectivity index is 1.27. The van der Waals surface area contributed by atoms with Crippen LogP contribution in [-0.4, -0.2) is 88.0 Å². The standard InChI is InChI=1S/C28H33N7O4S2/c1-21-5-10-24(39-2)25-26(21)40-28(32-25)34-19-17-33(18-20-34)16-13-31-27(36)22-6-8-23(9-7-22)41(37,38)35(14-3-11-29)15-4-12-30/h5-10H,3-4,13-20H2,1-2H3,(H,31,36). The zero-order chi connectivity index (χ0) is 29.4. The van der Waals surface area contributed by atoms with E-state index in [1.54, 1.807) is 18.4 Å². The van der Waals surface area contributed by atoms with Gasteiger partial charge in [0, 0.05) is 70.8 Å². The number of nitrogens with one attached hydrogen (secondary N) is 1. The number of aryl methyl sites for hydroxylation is 1. The highest BCUT2D eigenvalue weighted by Gasteiger charge is 2.25. The topological polar surface area (TPSA) is 143 Å². The Bertz CT molecular complexity index is 1530. The van der Waals surface area contributed by atoms with Gasteiger partial charge in [0.25, 0.3) is 5.91 Å². The van der Waals surface area contributed by atoms with Crippen molar-refractivity contribution in [1.29, 1.82) is 10.5 Å². The fourth-order valence-corrected chi connectivity index (χ4v) is 7.16. The van der Waals surface area contributed by atoms with Crippen LogP contribution in [-0.2, 0) is 10.0 Å². The molecule has 0 saturated carbocycles. The van der Waals surface area contributed by atoms with E-state index in [4.69, 9.17) is 20.2 Å². The van der Waals surface area contributed by atoms with E-state index in [0.29, 0.717) is 18.7 Å². The number of anilines is 1. The van der Waals surface area contributed by atoms with Gasteiger partial charge in [-0.05, 0) is 42.8 Å². The number of nitrogens with zero attached hydrogens (tertiary/aromatic N) is 6. The number of hydrogen-bond acceptors (Lipinski definition) is 10. The maximum absolute atomic E-state index is 13.0. The number of nitriles is 2. The number of sulfonamides is 1. The van der Waals surface area contributed by atoms with Crippen LogP contribution in [0.4, 0.5) is 5.13 Å². The number of fused-ring (bicyclic) bond motifs is 1. The first-order valence-electron chi connectivity index (χ1n) is 13.3. The quantitative estimate of drug-likeness (QED) is 0.334. The second-order valence-corrected chi connectivity index (χ2v) is 12.5. The van der Waals surface area contributed by atoms with Gasteiger partial charge >= 0.3 is 0 Å². The summed E-state index contributed by atoms with van der Waals surface area (Å²) in [4.78, 5) is 22.1. The van der Waals surface area contributed by atoms with Crippen LogP contribution in [0, 0.1) is 29.6 Å². The predicted molar refractivity (Wildman–Crippen MR) is 158 cm³/mol. The number of thiazole rings is 1. The summed E-state index contributed by atoms with van der Waals surface area (Å²) in [5.74, 6) is 0.504. The monoisotopic (exact) mass is 595 g/mol. The molecule has 1 aromatic heterocycles. The number of carbonyl (C=O) groups excluding carboxylic acids is 1. The number of rotatable bonds is 12. The van der Waals surface area contributed by atoms with Gasteiger partial charge in [-0.3, -0.25) is 9.69 Å². The van der Waals surface area contributed by atoms with Gasteiger partial charge in [0.1, 0.15) is 11.3 Å². The number of methoxy groups -OCH3 is 1. The van der Waals surface area contributed by atoms with E-state index in [9.17, 15) is 13.2 Å². The summed E-state index contributed by atoms with van der Waals surface area (Å²) in [7, 11) is -2.22. The van der Waals surface area contributed by atoms with Gasteiger partial charge in [-0.1, -0.05) is 17.4 Å². The van der Waals surface area contributed by atoms with Crippen molar-refractivity contribution in [3.8, 4) is 17.9 Å². The van der Waals surface area contributed by atoms with Crippen LogP contribution in [0.3, 0.4) is 0 Å². The summed E-state index contributed by atoms with van der Waals surface area (Å²) >= 11 is 1.68. The predicted octanol–water partition coefficient (Wildman–Crippen LogP) is 2.98. The van der Waals surface area contributed by atoms with Crippen LogP contribution in [0.1, 0.15) is 28.8 Å². The molecule has 0 aliphatic carbocycles. The largest absolute Gasteiger partial charge is 0.494 e. The number of benzene rings is 2. The Morgan fingerprint density at radius 2 is 1.73 bits per heavy atom. The molecular weight excluding hydrogens is 562 g/mol. The average molecular weight is 596 g/mol. The molecule has 2 heterocycles. The molecule has 13 heteroatoms. The van der Waals surface area contributed by atoms with E-state index < -0.39 is 10.0 Å². The minimum absolute atomic E-state index is 0.00598. The molecule has 0 unspecified atom stereocenters. The second-order valence-electron chi connectivity index (χ2n) is 9.59. The average Bonchev–Trinajstić information content (AvgIpc) is 3.44. The van der Waals surface area contributed by atoms with Crippen LogP contribution in [0.15, 0.2) is 41.3 Å². The molecule has 0 bridgehead atoms. The Labute approximate surface area is 244 Å². The van der Waals surface area contributed by atoms with Gasteiger partial charge in [0.2, 0.25) is 10.0 Å². The molecule has 4 rings (SSSR count). The Hall–Kier alpha value is -3.75. The molecule has 1 aliphatic heterocycles. The minimum Gasteiger partial charge on any atom is -0.494 e. The van der Waals surface area contributed by atoms with E-state index in [0.717, 1.165) is 51.6 Å². The van der Waals surface area contributed by atoms with Gasteiger partial charge in [0.15, 0.2) is 5.13 Å². The molecule has 11 nitrogen and oxygen atoms in total. The molecule has 216 valence electrons. The van der Waals surface area contributed by atoms with E-state index in [-0.39, 0.29) is 36.7 Å². The summed E-state index contributed by atoms with van der Waals surface area (Å²) in [6, 6.07) is 13.6. The van der Waals surface area contributed by atoms with Crippen molar-refractivity contribution in [2.24, 2.45) is 0 Å². The zero-order valence-corrected chi connectivity index (χ0v) is 24.8. The normalized spacial score (nSPS) is 14.1. The zero-order valence-electron chi connectivity index (χ0n) is 23.2. The van der Waals surface area contributed by atoms with Gasteiger partial charge in [0.05, 0.1) is 28.8 Å². The van der Waals surface area contributed by atoms with Crippen LogP contribution < -0.4 is 15.0 Å². The fourth-order valence-electron chi connectivity index (χ4n) is 4.62. The van der Waals surface area contributed by atoms with Crippen molar-refractivity contribution in [3.05, 3.63) is 47.5 Å². The number of ether oxygens (including phenoxy) is 1. The minimum atomic E-state index is -3.88. The Morgan fingerprint density at radius 3 is 2.34 bits per heavy atom. The number of hydrogen-bond donors (Lipinski definition) is 1. The van der Waals surface area contributed by atoms with Crippen molar-refractivity contribution in [2.45, 2.75) is 24.7 Å². The second kappa shape index (κ2) is 13.7. The van der Waals surface area contributed by atoms with Crippen molar-refractivity contribution >= 4 is 42.6 Å². The lowest BCUT2D eigenvalue weighted by Crippen LogP contribution is -2.48. The summed E-state index contributed by atoms with van der Waals surface area (Å²) in [6.45, 7) is 6.63. The van der Waals surface area contributed by atoms with Crippen LogP contribution in [0.25, 0.3) is 10.2 Å². The van der Waals surface area contributed by atoms with E-state index in [1.807, 2.05) is 18.2 Å². The van der Waals surface area contributed by atoms with Crippen molar-refractivity contribution < 1.29 is 17.9 Å². The van der Waals surface area contributed by atoms with Gasteiger partial charge in [-0.2, -0.15) is 14.8 Å². The van der Waals surface area contributed by atoms with E-state index in [1.165, 1.54) is 29.8 Å². The highest BCUT2D eigenvalue weighted by Crippen LogP contribution is 2.36. The molecule has 0 spiro atoms. The molecule has 0 radical (unpaired) electrons. The van der Waals surface area contributed by atoms with Gasteiger partial charge in [-0.25, -0.2) is 13.4 Å². The molecule has 0 atom stereocenters. The molecule has 2 aromatic carbocycles. The molecule has 3 aromatic rings. The lowest BCUT2D eigenvalue weighted by molar-refractivity contribution is 0.0947. The number of piperazine rings is 1. The van der Waals surface area contributed by atoms with Crippen LogP contribution in [0.5, 0.6) is 5.75 Å². The first-order chi connectivity index (χ1) is 19.8.